The first kappa shape index (κ1) is 16.9. The molecule has 4 nitrogen and oxygen atoms in total. The SMILES string of the molecule is CCOc1cc2c(cc1OCC)C(c1ccc3cnccc3c1)NCC2. The van der Waals surface area contributed by atoms with E-state index in [1.807, 2.05) is 26.2 Å². The summed E-state index contributed by atoms with van der Waals surface area (Å²) >= 11 is 0. The number of nitrogens with one attached hydrogen (secondary N) is 1. The zero-order valence-corrected chi connectivity index (χ0v) is 15.3. The topological polar surface area (TPSA) is 43.4 Å². The van der Waals surface area contributed by atoms with E-state index < -0.39 is 0 Å². The molecular weight excluding hydrogens is 324 g/mol. The van der Waals surface area contributed by atoms with Crippen molar-refractivity contribution in [1.82, 2.24) is 10.3 Å². The van der Waals surface area contributed by atoms with Crippen LogP contribution in [0.1, 0.15) is 36.6 Å². The molecule has 3 aromatic rings. The molecule has 0 bridgehead atoms. The number of fused-ring (bicyclic) bond motifs is 2. The number of pyridine rings is 1. The molecule has 1 aliphatic rings. The molecule has 2 heterocycles. The maximum Gasteiger partial charge on any atom is 0.161 e. The Bertz CT molecular complexity index is 923. The number of ether oxygens (including phenoxy) is 2. The molecule has 0 amide bonds. The fourth-order valence-electron chi connectivity index (χ4n) is 3.68. The summed E-state index contributed by atoms with van der Waals surface area (Å²) in [5.74, 6) is 1.67. The minimum absolute atomic E-state index is 0.159. The van der Waals surface area contributed by atoms with Crippen molar-refractivity contribution in [2.75, 3.05) is 19.8 Å². The summed E-state index contributed by atoms with van der Waals surface area (Å²) in [5, 5.41) is 6.04. The largest absolute Gasteiger partial charge is 0.490 e. The molecule has 26 heavy (non-hydrogen) atoms. The van der Waals surface area contributed by atoms with E-state index in [1.54, 1.807) is 0 Å². The van der Waals surface area contributed by atoms with Gasteiger partial charge in [0.05, 0.1) is 19.3 Å². The van der Waals surface area contributed by atoms with E-state index >= 15 is 0 Å². The molecule has 0 saturated carbocycles. The van der Waals surface area contributed by atoms with Crippen LogP contribution in [0.25, 0.3) is 10.8 Å². The summed E-state index contributed by atoms with van der Waals surface area (Å²) in [6, 6.07) is 13.1. The van der Waals surface area contributed by atoms with E-state index in [0.717, 1.165) is 29.9 Å². The van der Waals surface area contributed by atoms with Gasteiger partial charge in [-0.2, -0.15) is 0 Å². The van der Waals surface area contributed by atoms with E-state index in [-0.39, 0.29) is 6.04 Å². The number of nitrogens with zero attached hydrogens (tertiary/aromatic N) is 1. The highest BCUT2D eigenvalue weighted by atomic mass is 16.5. The third-order valence-electron chi connectivity index (χ3n) is 4.86. The van der Waals surface area contributed by atoms with Gasteiger partial charge in [-0.3, -0.25) is 4.98 Å². The zero-order valence-electron chi connectivity index (χ0n) is 15.3. The zero-order chi connectivity index (χ0) is 17.9. The van der Waals surface area contributed by atoms with Gasteiger partial charge in [0.1, 0.15) is 0 Å². The van der Waals surface area contributed by atoms with Gasteiger partial charge >= 0.3 is 0 Å². The van der Waals surface area contributed by atoms with Gasteiger partial charge in [0.15, 0.2) is 11.5 Å². The predicted octanol–water partition coefficient (Wildman–Crippen LogP) is 4.27. The first-order valence-corrected chi connectivity index (χ1v) is 9.29. The molecule has 1 unspecified atom stereocenters. The van der Waals surface area contributed by atoms with E-state index in [1.165, 1.54) is 22.1 Å². The van der Waals surface area contributed by atoms with E-state index in [0.29, 0.717) is 13.2 Å². The quantitative estimate of drug-likeness (QED) is 0.748. The first-order valence-electron chi connectivity index (χ1n) is 9.29. The van der Waals surface area contributed by atoms with Gasteiger partial charge in [0, 0.05) is 24.3 Å². The minimum Gasteiger partial charge on any atom is -0.490 e. The van der Waals surface area contributed by atoms with E-state index in [2.05, 4.69) is 46.7 Å². The lowest BCUT2D eigenvalue weighted by molar-refractivity contribution is 0.286. The lowest BCUT2D eigenvalue weighted by atomic mass is 9.88. The Morgan fingerprint density at radius 2 is 1.81 bits per heavy atom. The molecule has 4 rings (SSSR count). The van der Waals surface area contributed by atoms with Gasteiger partial charge in [-0.05, 0) is 66.6 Å². The summed E-state index contributed by atoms with van der Waals surface area (Å²) in [7, 11) is 0. The summed E-state index contributed by atoms with van der Waals surface area (Å²) in [6.07, 6.45) is 4.74. The molecule has 0 radical (unpaired) electrons. The lowest BCUT2D eigenvalue weighted by Gasteiger charge is -2.29. The molecule has 1 aromatic heterocycles. The molecule has 1 N–H and O–H groups in total. The van der Waals surface area contributed by atoms with Crippen LogP contribution in [0.4, 0.5) is 0 Å². The Morgan fingerprint density at radius 1 is 1.00 bits per heavy atom. The van der Waals surface area contributed by atoms with Crippen LogP contribution >= 0.6 is 0 Å². The maximum atomic E-state index is 5.85. The van der Waals surface area contributed by atoms with E-state index in [9.17, 15) is 0 Å². The van der Waals surface area contributed by atoms with Crippen molar-refractivity contribution in [3.8, 4) is 11.5 Å². The van der Waals surface area contributed by atoms with Crippen LogP contribution in [-0.4, -0.2) is 24.7 Å². The van der Waals surface area contributed by atoms with Crippen LogP contribution in [0.3, 0.4) is 0 Å². The van der Waals surface area contributed by atoms with Gasteiger partial charge in [-0.15, -0.1) is 0 Å². The van der Waals surface area contributed by atoms with Crippen LogP contribution in [0.2, 0.25) is 0 Å². The van der Waals surface area contributed by atoms with Crippen LogP contribution in [0.15, 0.2) is 48.8 Å². The van der Waals surface area contributed by atoms with Crippen LogP contribution in [0, 0.1) is 0 Å². The summed E-state index contributed by atoms with van der Waals surface area (Å²) in [4.78, 5) is 4.20. The van der Waals surface area contributed by atoms with Crippen molar-refractivity contribution >= 4 is 10.8 Å². The molecule has 2 aromatic carbocycles. The normalized spacial score (nSPS) is 16.3. The smallest absolute Gasteiger partial charge is 0.161 e. The molecule has 0 aliphatic carbocycles. The third-order valence-corrected chi connectivity index (χ3v) is 4.86. The van der Waals surface area contributed by atoms with Crippen LogP contribution in [0.5, 0.6) is 11.5 Å². The van der Waals surface area contributed by atoms with Gasteiger partial charge in [0.2, 0.25) is 0 Å². The second-order valence-electron chi connectivity index (χ2n) is 6.48. The molecule has 0 spiro atoms. The Hall–Kier alpha value is -2.59. The number of hydrogen-bond acceptors (Lipinski definition) is 4. The van der Waals surface area contributed by atoms with Crippen molar-refractivity contribution < 1.29 is 9.47 Å². The second-order valence-corrected chi connectivity index (χ2v) is 6.48. The maximum absolute atomic E-state index is 5.85. The molecule has 134 valence electrons. The van der Waals surface area contributed by atoms with Crippen LogP contribution in [-0.2, 0) is 6.42 Å². The molecule has 0 saturated heterocycles. The Labute approximate surface area is 154 Å². The molecular formula is C22H24N2O2. The highest BCUT2D eigenvalue weighted by Gasteiger charge is 2.24. The van der Waals surface area contributed by atoms with Crippen molar-refractivity contribution in [3.63, 3.8) is 0 Å². The second kappa shape index (κ2) is 7.34. The van der Waals surface area contributed by atoms with Gasteiger partial charge in [-0.25, -0.2) is 0 Å². The fraction of sp³-hybridized carbons (Fsp3) is 0.318. The van der Waals surface area contributed by atoms with Gasteiger partial charge in [-0.1, -0.05) is 12.1 Å². The van der Waals surface area contributed by atoms with Gasteiger partial charge in [0.25, 0.3) is 0 Å². The highest BCUT2D eigenvalue weighted by molar-refractivity contribution is 5.82. The fourth-order valence-corrected chi connectivity index (χ4v) is 3.68. The van der Waals surface area contributed by atoms with Gasteiger partial charge < -0.3 is 14.8 Å². The molecule has 1 aliphatic heterocycles. The number of benzene rings is 2. The third kappa shape index (κ3) is 3.13. The molecule has 4 heteroatoms. The predicted molar refractivity (Wildman–Crippen MR) is 104 cm³/mol. The first-order chi connectivity index (χ1) is 12.8. The summed E-state index contributed by atoms with van der Waals surface area (Å²) < 4.78 is 11.7. The van der Waals surface area contributed by atoms with E-state index in [4.69, 9.17) is 9.47 Å². The average molecular weight is 348 g/mol. The van der Waals surface area contributed by atoms with Crippen LogP contribution < -0.4 is 14.8 Å². The highest BCUT2D eigenvalue weighted by Crippen LogP contribution is 2.38. The standard InChI is InChI=1S/C22H24N2O2/c1-3-25-20-12-16-8-10-24-22(19(16)13-21(20)26-4-2)17-5-6-18-14-23-9-7-15(18)11-17/h5-7,9,11-14,22,24H,3-4,8,10H2,1-2H3. The number of aromatic nitrogens is 1. The molecule has 1 atom stereocenters. The Kier molecular flexibility index (Phi) is 4.76. The molecule has 0 fully saturated rings. The minimum atomic E-state index is 0.159. The van der Waals surface area contributed by atoms with Crippen molar-refractivity contribution in [2.24, 2.45) is 0 Å². The Balaban J connectivity index is 1.78. The average Bonchev–Trinajstić information content (AvgIpc) is 2.68. The van der Waals surface area contributed by atoms with Crippen molar-refractivity contribution in [2.45, 2.75) is 26.3 Å². The monoisotopic (exact) mass is 348 g/mol. The number of rotatable bonds is 5. The van der Waals surface area contributed by atoms with Crippen molar-refractivity contribution in [3.05, 3.63) is 65.5 Å². The summed E-state index contributed by atoms with van der Waals surface area (Å²) in [6.45, 7) is 6.22. The Morgan fingerprint density at radius 3 is 2.62 bits per heavy atom. The summed E-state index contributed by atoms with van der Waals surface area (Å²) in [5.41, 5.74) is 3.86. The number of hydrogen-bond donors (Lipinski definition) is 1. The van der Waals surface area contributed by atoms with Crippen molar-refractivity contribution in [1.29, 1.82) is 0 Å². The lowest BCUT2D eigenvalue weighted by Crippen LogP contribution is -2.30.